The van der Waals surface area contributed by atoms with Crippen LogP contribution in [-0.2, 0) is 9.84 Å². The number of hydrogen-bond acceptors (Lipinski definition) is 6. The monoisotopic (exact) mass is 273 g/mol. The molecule has 1 aromatic rings. The maximum Gasteiger partial charge on any atom is 0.270 e. The van der Waals surface area contributed by atoms with E-state index in [0.29, 0.717) is 0 Å². The van der Waals surface area contributed by atoms with Gasteiger partial charge in [-0.3, -0.25) is 10.1 Å². The van der Waals surface area contributed by atoms with Gasteiger partial charge in [-0.2, -0.15) is 0 Å². The Morgan fingerprint density at radius 3 is 2.72 bits per heavy atom. The number of aliphatic hydroxyl groups excluding tert-OH is 1. The van der Waals surface area contributed by atoms with E-state index in [-0.39, 0.29) is 22.8 Å². The van der Waals surface area contributed by atoms with Gasteiger partial charge < -0.3 is 9.84 Å². The highest BCUT2D eigenvalue weighted by Crippen LogP contribution is 2.42. The second-order valence-electron chi connectivity index (χ2n) is 3.86. The molecule has 0 fully saturated rings. The molecule has 1 N–H and O–H groups in total. The SMILES string of the molecule is CCS(=O)(=O)[C@H]1c2cc([N+](=O)[O-])ccc2O[C@@H]1O. The summed E-state index contributed by atoms with van der Waals surface area (Å²) in [6.45, 7) is 1.44. The van der Waals surface area contributed by atoms with Gasteiger partial charge in [0.2, 0.25) is 6.29 Å². The van der Waals surface area contributed by atoms with Gasteiger partial charge in [-0.25, -0.2) is 8.42 Å². The van der Waals surface area contributed by atoms with Gasteiger partial charge in [-0.1, -0.05) is 6.92 Å². The number of non-ortho nitro benzene ring substituents is 1. The predicted octanol–water partition coefficient (Wildman–Crippen LogP) is 0.781. The number of nitrogens with zero attached hydrogens (tertiary/aromatic N) is 1. The highest BCUT2D eigenvalue weighted by Gasteiger charge is 2.42. The minimum Gasteiger partial charge on any atom is -0.463 e. The Morgan fingerprint density at radius 1 is 1.50 bits per heavy atom. The van der Waals surface area contributed by atoms with Crippen molar-refractivity contribution in [1.29, 1.82) is 0 Å². The van der Waals surface area contributed by atoms with Crippen molar-refractivity contribution in [3.8, 4) is 5.75 Å². The third-order valence-corrected chi connectivity index (χ3v) is 4.87. The minimum absolute atomic E-state index is 0.138. The van der Waals surface area contributed by atoms with Gasteiger partial charge in [-0.05, 0) is 6.07 Å². The lowest BCUT2D eigenvalue weighted by atomic mass is 10.1. The average Bonchev–Trinajstić information content (AvgIpc) is 2.64. The number of fused-ring (bicyclic) bond motifs is 1. The van der Waals surface area contributed by atoms with Crippen molar-refractivity contribution < 1.29 is 23.2 Å². The van der Waals surface area contributed by atoms with E-state index < -0.39 is 26.3 Å². The summed E-state index contributed by atoms with van der Waals surface area (Å²) in [6.07, 6.45) is -1.52. The zero-order valence-corrected chi connectivity index (χ0v) is 10.3. The van der Waals surface area contributed by atoms with E-state index in [1.165, 1.54) is 19.1 Å². The first kappa shape index (κ1) is 12.8. The van der Waals surface area contributed by atoms with Crippen molar-refractivity contribution >= 4 is 15.5 Å². The van der Waals surface area contributed by atoms with Gasteiger partial charge in [0.05, 0.1) is 4.92 Å². The van der Waals surface area contributed by atoms with Crippen LogP contribution in [0.1, 0.15) is 17.7 Å². The molecule has 7 nitrogen and oxygen atoms in total. The van der Waals surface area contributed by atoms with E-state index in [0.717, 1.165) is 6.07 Å². The molecule has 2 atom stereocenters. The van der Waals surface area contributed by atoms with Gasteiger partial charge in [0.15, 0.2) is 15.1 Å². The Kier molecular flexibility index (Phi) is 2.99. The first-order chi connectivity index (χ1) is 8.36. The summed E-state index contributed by atoms with van der Waals surface area (Å²) in [5, 5.41) is 19.0. The molecule has 1 aliphatic heterocycles. The van der Waals surface area contributed by atoms with Crippen LogP contribution in [0.4, 0.5) is 5.69 Å². The number of hydrogen-bond donors (Lipinski definition) is 1. The zero-order chi connectivity index (χ0) is 13.5. The summed E-state index contributed by atoms with van der Waals surface area (Å²) >= 11 is 0. The van der Waals surface area contributed by atoms with Crippen molar-refractivity contribution in [3.63, 3.8) is 0 Å². The van der Waals surface area contributed by atoms with E-state index in [9.17, 15) is 23.6 Å². The molecule has 1 heterocycles. The van der Waals surface area contributed by atoms with Crippen LogP contribution in [0.5, 0.6) is 5.75 Å². The summed E-state index contributed by atoms with van der Waals surface area (Å²) in [6, 6.07) is 3.62. The second-order valence-corrected chi connectivity index (χ2v) is 6.27. The number of sulfone groups is 1. The van der Waals surface area contributed by atoms with Crippen molar-refractivity contribution in [1.82, 2.24) is 0 Å². The largest absolute Gasteiger partial charge is 0.463 e. The molecule has 0 unspecified atom stereocenters. The average molecular weight is 273 g/mol. The summed E-state index contributed by atoms with van der Waals surface area (Å²) in [7, 11) is -3.60. The summed E-state index contributed by atoms with van der Waals surface area (Å²) in [5.41, 5.74) is -0.0960. The van der Waals surface area contributed by atoms with Crippen molar-refractivity contribution in [2.45, 2.75) is 18.5 Å². The Hall–Kier alpha value is -1.67. The Labute approximate surface area is 103 Å². The third-order valence-electron chi connectivity index (χ3n) is 2.81. The van der Waals surface area contributed by atoms with Crippen LogP contribution in [0.15, 0.2) is 18.2 Å². The molecule has 0 aliphatic carbocycles. The second kappa shape index (κ2) is 4.21. The first-order valence-corrected chi connectivity index (χ1v) is 6.93. The van der Waals surface area contributed by atoms with E-state index in [1.807, 2.05) is 0 Å². The number of nitro benzene ring substituents is 1. The lowest BCUT2D eigenvalue weighted by Gasteiger charge is -2.12. The van der Waals surface area contributed by atoms with E-state index >= 15 is 0 Å². The summed E-state index contributed by atoms with van der Waals surface area (Å²) in [5.74, 6) is -0.0182. The van der Waals surface area contributed by atoms with Crippen LogP contribution in [0, 0.1) is 10.1 Å². The van der Waals surface area contributed by atoms with Gasteiger partial charge in [0, 0.05) is 23.4 Å². The zero-order valence-electron chi connectivity index (χ0n) is 9.44. The third kappa shape index (κ3) is 1.93. The van der Waals surface area contributed by atoms with Crippen LogP contribution in [0.3, 0.4) is 0 Å². The smallest absolute Gasteiger partial charge is 0.270 e. The lowest BCUT2D eigenvalue weighted by Crippen LogP contribution is -2.26. The molecule has 0 saturated carbocycles. The molecule has 1 aromatic carbocycles. The Morgan fingerprint density at radius 2 is 2.17 bits per heavy atom. The normalized spacial score (nSPS) is 22.3. The molecule has 1 aliphatic rings. The molecular weight excluding hydrogens is 262 g/mol. The number of ether oxygens (including phenoxy) is 1. The maximum absolute atomic E-state index is 11.8. The molecule has 0 amide bonds. The molecule has 0 bridgehead atoms. The van der Waals surface area contributed by atoms with Crippen molar-refractivity contribution in [2.75, 3.05) is 5.75 Å². The Bertz CT molecular complexity index is 596. The highest BCUT2D eigenvalue weighted by atomic mass is 32.2. The molecule has 18 heavy (non-hydrogen) atoms. The number of aliphatic hydroxyl groups is 1. The standard InChI is InChI=1S/C10H11NO6S/c1-2-18(15,16)9-7-5-6(11(13)14)3-4-8(7)17-10(9)12/h3-5,9-10,12H,2H2,1H3/t9-,10-/m0/s1. The fourth-order valence-electron chi connectivity index (χ4n) is 1.87. The van der Waals surface area contributed by atoms with E-state index in [4.69, 9.17) is 4.74 Å². The highest BCUT2D eigenvalue weighted by molar-refractivity contribution is 7.91. The van der Waals surface area contributed by atoms with Crippen LogP contribution in [-0.4, -0.2) is 30.5 Å². The Balaban J connectivity index is 2.56. The minimum atomic E-state index is -3.60. The van der Waals surface area contributed by atoms with Crippen molar-refractivity contribution in [3.05, 3.63) is 33.9 Å². The van der Waals surface area contributed by atoms with Crippen LogP contribution in [0.2, 0.25) is 0 Å². The molecule has 2 rings (SSSR count). The molecule has 98 valence electrons. The van der Waals surface area contributed by atoms with Crippen molar-refractivity contribution in [2.24, 2.45) is 0 Å². The van der Waals surface area contributed by atoms with Gasteiger partial charge in [0.25, 0.3) is 5.69 Å². The van der Waals surface area contributed by atoms with Crippen LogP contribution >= 0.6 is 0 Å². The number of benzene rings is 1. The van der Waals surface area contributed by atoms with Gasteiger partial charge >= 0.3 is 0 Å². The number of rotatable bonds is 3. The lowest BCUT2D eigenvalue weighted by molar-refractivity contribution is -0.384. The molecule has 8 heteroatoms. The molecular formula is C10H11NO6S. The molecule has 0 aromatic heterocycles. The maximum atomic E-state index is 11.8. The van der Waals surface area contributed by atoms with Crippen LogP contribution < -0.4 is 4.74 Å². The quantitative estimate of drug-likeness (QED) is 0.644. The topological polar surface area (TPSA) is 107 Å². The number of nitro groups is 1. The molecule has 0 radical (unpaired) electrons. The molecule has 0 saturated heterocycles. The fourth-order valence-corrected chi connectivity index (χ4v) is 3.22. The van der Waals surface area contributed by atoms with Crippen LogP contribution in [0.25, 0.3) is 0 Å². The summed E-state index contributed by atoms with van der Waals surface area (Å²) in [4.78, 5) is 10.0. The van der Waals surface area contributed by atoms with Gasteiger partial charge in [0.1, 0.15) is 5.75 Å². The van der Waals surface area contributed by atoms with Gasteiger partial charge in [-0.15, -0.1) is 0 Å². The van der Waals surface area contributed by atoms with E-state index in [2.05, 4.69) is 0 Å². The predicted molar refractivity (Wildman–Crippen MR) is 61.9 cm³/mol. The fraction of sp³-hybridized carbons (Fsp3) is 0.400. The molecule has 0 spiro atoms. The van der Waals surface area contributed by atoms with E-state index in [1.54, 1.807) is 0 Å². The summed E-state index contributed by atoms with van der Waals surface area (Å²) < 4.78 is 28.7. The first-order valence-electron chi connectivity index (χ1n) is 5.21.